The second kappa shape index (κ2) is 14.8. The molecule has 3 heteroatoms. The SMILES string of the molecule is [CH2-][N+](=C(C)c1cccc(C(C)=[N+]([CH2-])c2c(C)cc(-c3ccccc3)cc2-c2ccccc2)n1)c1c(C)cc(-c2ccccc2)cc1-c1ccccc1. The van der Waals surface area contributed by atoms with Gasteiger partial charge in [-0.2, -0.15) is 0 Å². The van der Waals surface area contributed by atoms with E-state index < -0.39 is 0 Å². The smallest absolute Gasteiger partial charge is 0.115 e. The fraction of sp³-hybridized carbons (Fsp3) is 0.0816. The molecule has 1 heterocycles. The van der Waals surface area contributed by atoms with E-state index in [1.54, 1.807) is 0 Å². The second-order valence-electron chi connectivity index (χ2n) is 13.3. The maximum Gasteiger partial charge on any atom is 0.115 e. The summed E-state index contributed by atoms with van der Waals surface area (Å²) in [5, 5.41) is 0. The lowest BCUT2D eigenvalue weighted by Gasteiger charge is -2.21. The highest BCUT2D eigenvalue weighted by Gasteiger charge is 2.19. The van der Waals surface area contributed by atoms with Gasteiger partial charge in [0.2, 0.25) is 0 Å². The van der Waals surface area contributed by atoms with E-state index in [0.29, 0.717) is 0 Å². The standard InChI is InChI=1S/C49H43N3/c1-34-30-42(38-20-11-7-12-21-38)32-44(40-24-15-9-16-25-40)48(34)51(5)36(3)46-28-19-29-47(50-46)37(4)52(6)49-35(2)31-43(39-22-13-8-14-23-39)33-45(49)41-26-17-10-18-27-41/h7-33H,5-6H2,1-4H3. The Hall–Kier alpha value is -6.45. The molecule has 0 atom stereocenters. The molecule has 1 aromatic heterocycles. The van der Waals surface area contributed by atoms with E-state index in [4.69, 9.17) is 4.98 Å². The molecule has 52 heavy (non-hydrogen) atoms. The van der Waals surface area contributed by atoms with E-state index in [9.17, 15) is 0 Å². The molecule has 7 aromatic rings. The number of pyridine rings is 1. The van der Waals surface area contributed by atoms with Crippen molar-refractivity contribution in [1.29, 1.82) is 0 Å². The summed E-state index contributed by atoms with van der Waals surface area (Å²) >= 11 is 0. The molecule has 0 aliphatic rings. The van der Waals surface area contributed by atoms with E-state index in [1.165, 1.54) is 22.3 Å². The van der Waals surface area contributed by atoms with Crippen molar-refractivity contribution in [3.05, 3.63) is 200 Å². The summed E-state index contributed by atoms with van der Waals surface area (Å²) in [6, 6.07) is 57.4. The summed E-state index contributed by atoms with van der Waals surface area (Å²) in [5.41, 5.74) is 17.2. The van der Waals surface area contributed by atoms with Crippen LogP contribution in [0.15, 0.2) is 164 Å². The van der Waals surface area contributed by atoms with Crippen LogP contribution in [-0.4, -0.2) is 25.6 Å². The van der Waals surface area contributed by atoms with Crippen LogP contribution in [0, 0.1) is 27.9 Å². The predicted molar refractivity (Wildman–Crippen MR) is 218 cm³/mol. The van der Waals surface area contributed by atoms with Crippen molar-refractivity contribution in [3.8, 4) is 44.5 Å². The third-order valence-corrected chi connectivity index (χ3v) is 9.82. The molecule has 0 unspecified atom stereocenters. The van der Waals surface area contributed by atoms with Gasteiger partial charge in [-0.15, -0.1) is 0 Å². The Balaban J connectivity index is 1.33. The zero-order chi connectivity index (χ0) is 36.2. The lowest BCUT2D eigenvalue weighted by Crippen LogP contribution is -2.17. The van der Waals surface area contributed by atoms with Gasteiger partial charge in [-0.05, 0) is 95.5 Å². The van der Waals surface area contributed by atoms with Crippen LogP contribution in [0.1, 0.15) is 36.4 Å². The molecular weight excluding hydrogens is 631 g/mol. The normalized spacial score (nSPS) is 12.2. The van der Waals surface area contributed by atoms with Gasteiger partial charge in [-0.1, -0.05) is 152 Å². The van der Waals surface area contributed by atoms with Gasteiger partial charge in [0.05, 0.1) is 11.4 Å². The van der Waals surface area contributed by atoms with E-state index >= 15 is 0 Å². The van der Waals surface area contributed by atoms with Crippen molar-refractivity contribution in [2.45, 2.75) is 27.7 Å². The molecule has 3 nitrogen and oxygen atoms in total. The average Bonchev–Trinajstić information content (AvgIpc) is 3.20. The van der Waals surface area contributed by atoms with Crippen molar-refractivity contribution in [2.75, 3.05) is 0 Å². The summed E-state index contributed by atoms with van der Waals surface area (Å²) in [4.78, 5) is 5.22. The number of benzene rings is 6. The average molecular weight is 674 g/mol. The molecule has 0 amide bonds. The predicted octanol–water partition coefficient (Wildman–Crippen LogP) is 12.3. The third-order valence-electron chi connectivity index (χ3n) is 9.82. The number of hydrogen-bond acceptors (Lipinski definition) is 1. The minimum atomic E-state index is 0.852. The first-order valence-corrected chi connectivity index (χ1v) is 17.7. The second-order valence-corrected chi connectivity index (χ2v) is 13.3. The molecule has 7 rings (SSSR count). The molecule has 0 saturated carbocycles. The van der Waals surface area contributed by atoms with Crippen LogP contribution in [0.2, 0.25) is 0 Å². The lowest BCUT2D eigenvalue weighted by molar-refractivity contribution is -0.368. The van der Waals surface area contributed by atoms with Gasteiger partial charge < -0.3 is 9.15 Å². The first kappa shape index (κ1) is 34.0. The van der Waals surface area contributed by atoms with Crippen LogP contribution in [0.25, 0.3) is 44.5 Å². The van der Waals surface area contributed by atoms with Gasteiger partial charge in [0.25, 0.3) is 0 Å². The number of rotatable bonds is 8. The molecule has 0 aliphatic carbocycles. The Morgan fingerprint density at radius 3 is 1.08 bits per heavy atom. The van der Waals surface area contributed by atoms with E-state index in [0.717, 1.165) is 67.6 Å². The summed E-state index contributed by atoms with van der Waals surface area (Å²) in [5.74, 6) is 0. The fourth-order valence-corrected chi connectivity index (χ4v) is 7.00. The van der Waals surface area contributed by atoms with Crippen molar-refractivity contribution in [3.63, 3.8) is 0 Å². The molecule has 0 fully saturated rings. The molecule has 0 saturated heterocycles. The first-order chi connectivity index (χ1) is 25.3. The Morgan fingerprint density at radius 1 is 0.404 bits per heavy atom. The van der Waals surface area contributed by atoms with E-state index in [1.807, 2.05) is 9.15 Å². The van der Waals surface area contributed by atoms with E-state index in [2.05, 4.69) is 206 Å². The Bertz CT molecular complexity index is 2260. The number of aryl methyl sites for hydroxylation is 2. The van der Waals surface area contributed by atoms with Crippen LogP contribution in [0.4, 0.5) is 11.4 Å². The number of hydrogen-bond donors (Lipinski definition) is 0. The highest BCUT2D eigenvalue weighted by molar-refractivity contribution is 5.99. The van der Waals surface area contributed by atoms with Gasteiger partial charge in [-0.3, -0.25) is 4.98 Å². The minimum Gasteiger partial charge on any atom is -0.328 e. The highest BCUT2D eigenvalue weighted by atomic mass is 15.0. The van der Waals surface area contributed by atoms with Crippen LogP contribution in [-0.2, 0) is 0 Å². The summed E-state index contributed by atoms with van der Waals surface area (Å²) in [6.07, 6.45) is 0. The van der Waals surface area contributed by atoms with Crippen molar-refractivity contribution >= 4 is 22.8 Å². The summed E-state index contributed by atoms with van der Waals surface area (Å²) < 4.78 is 4.08. The van der Waals surface area contributed by atoms with Gasteiger partial charge in [0.1, 0.15) is 22.8 Å². The molecule has 0 radical (unpaired) electrons. The van der Waals surface area contributed by atoms with Gasteiger partial charge >= 0.3 is 0 Å². The Kier molecular flexibility index (Phi) is 9.68. The topological polar surface area (TPSA) is 18.9 Å². The van der Waals surface area contributed by atoms with Crippen molar-refractivity contribution in [2.24, 2.45) is 0 Å². The first-order valence-electron chi connectivity index (χ1n) is 17.7. The monoisotopic (exact) mass is 673 g/mol. The quantitative estimate of drug-likeness (QED) is 0.0892. The largest absolute Gasteiger partial charge is 0.328 e. The molecule has 0 bridgehead atoms. The van der Waals surface area contributed by atoms with Gasteiger partial charge in [0, 0.05) is 14.1 Å². The molecule has 0 spiro atoms. The summed E-state index contributed by atoms with van der Waals surface area (Å²) in [6.45, 7) is 8.51. The maximum atomic E-state index is 5.22. The molecule has 0 aliphatic heterocycles. The van der Waals surface area contributed by atoms with Gasteiger partial charge in [-0.25, -0.2) is 0 Å². The van der Waals surface area contributed by atoms with Crippen LogP contribution in [0.5, 0.6) is 0 Å². The van der Waals surface area contributed by atoms with E-state index in [-0.39, 0.29) is 0 Å². The van der Waals surface area contributed by atoms with Crippen LogP contribution >= 0.6 is 0 Å². The number of aromatic nitrogens is 1. The maximum absolute atomic E-state index is 5.22. The molecule has 254 valence electrons. The highest BCUT2D eigenvalue weighted by Crippen LogP contribution is 2.39. The molecular formula is C49H43N3. The number of nitrogens with zero attached hydrogens (tertiary/aromatic N) is 3. The fourth-order valence-electron chi connectivity index (χ4n) is 7.00. The third kappa shape index (κ3) is 6.82. The zero-order valence-electron chi connectivity index (χ0n) is 30.3. The van der Waals surface area contributed by atoms with Crippen molar-refractivity contribution < 1.29 is 9.15 Å². The zero-order valence-corrected chi connectivity index (χ0v) is 30.3. The minimum absolute atomic E-state index is 0.852. The van der Waals surface area contributed by atoms with Crippen LogP contribution in [0.3, 0.4) is 0 Å². The Labute approximate surface area is 308 Å². The molecule has 0 N–H and O–H groups in total. The summed E-state index contributed by atoms with van der Waals surface area (Å²) in [7, 11) is 9.22. The molecule has 6 aromatic carbocycles. The van der Waals surface area contributed by atoms with Gasteiger partial charge in [0.15, 0.2) is 0 Å². The van der Waals surface area contributed by atoms with Crippen molar-refractivity contribution in [1.82, 2.24) is 4.98 Å². The van der Waals surface area contributed by atoms with Crippen LogP contribution < -0.4 is 0 Å². The lowest BCUT2D eigenvalue weighted by atomic mass is 9.94. The Morgan fingerprint density at radius 2 is 0.731 bits per heavy atom.